The van der Waals surface area contributed by atoms with Crippen molar-refractivity contribution >= 4 is 29.3 Å². The van der Waals surface area contributed by atoms with Gasteiger partial charge in [-0.25, -0.2) is 4.79 Å². The molecule has 1 fully saturated rings. The van der Waals surface area contributed by atoms with E-state index in [0.717, 1.165) is 40.8 Å². The molecule has 0 amide bonds. The van der Waals surface area contributed by atoms with Gasteiger partial charge in [0, 0.05) is 27.2 Å². The van der Waals surface area contributed by atoms with Gasteiger partial charge in [-0.3, -0.25) is 23.3 Å². The van der Waals surface area contributed by atoms with Gasteiger partial charge in [-0.1, -0.05) is 23.9 Å². The van der Waals surface area contributed by atoms with Gasteiger partial charge < -0.3 is 15.4 Å². The predicted octanol–water partition coefficient (Wildman–Crippen LogP) is 1.61. The molecule has 3 heterocycles. The van der Waals surface area contributed by atoms with Crippen LogP contribution in [0, 0.1) is 0 Å². The number of methoxy groups -OCH3 is 1. The van der Waals surface area contributed by atoms with Gasteiger partial charge in [0.25, 0.3) is 5.56 Å². The number of thioether (sulfide) groups is 1. The maximum atomic E-state index is 13.4. The number of hydrogen-bond donors (Lipinski definition) is 1. The molecule has 11 nitrogen and oxygen atoms in total. The number of ether oxygens (including phenoxy) is 1. The van der Waals surface area contributed by atoms with Crippen molar-refractivity contribution in [3.63, 3.8) is 0 Å². The Labute approximate surface area is 206 Å². The van der Waals surface area contributed by atoms with E-state index in [-0.39, 0.29) is 11.4 Å². The summed E-state index contributed by atoms with van der Waals surface area (Å²) in [4.78, 5) is 40.4. The monoisotopic (exact) mass is 499 g/mol. The van der Waals surface area contributed by atoms with E-state index in [1.54, 1.807) is 14.0 Å². The molecule has 1 atom stereocenters. The van der Waals surface area contributed by atoms with Crippen LogP contribution in [-0.2, 0) is 14.1 Å². The Morgan fingerprint density at radius 1 is 1.09 bits per heavy atom. The molecule has 1 aliphatic heterocycles. The molecule has 1 saturated heterocycles. The number of carbonyl (C=O) groups is 1. The second-order valence-electron chi connectivity index (χ2n) is 8.43. The van der Waals surface area contributed by atoms with E-state index in [1.165, 1.54) is 32.3 Å². The smallest absolute Gasteiger partial charge is 0.332 e. The number of nitrogens with zero attached hydrogens (tertiary/aromatic N) is 6. The Hall–Kier alpha value is -3.54. The standard InChI is InChI=1S/C23H29N7O4S/c1-14(18(31)17-19(24)27(2)23(33)28(3)20(17)32)35-22-26-25-21(29-12-8-5-9-13-29)30(22)15-10-6-7-11-16(15)34-4/h6-7,10-11,14H,5,8-9,12-13,24H2,1-4H3. The van der Waals surface area contributed by atoms with E-state index in [4.69, 9.17) is 10.5 Å². The Kier molecular flexibility index (Phi) is 7.01. The zero-order valence-corrected chi connectivity index (χ0v) is 21.0. The van der Waals surface area contributed by atoms with Crippen molar-refractivity contribution in [2.75, 3.05) is 30.8 Å². The molecule has 12 heteroatoms. The Balaban J connectivity index is 1.76. The lowest BCUT2D eigenvalue weighted by atomic mass is 10.1. The largest absolute Gasteiger partial charge is 0.495 e. The average molecular weight is 500 g/mol. The quantitative estimate of drug-likeness (QED) is 0.380. The van der Waals surface area contributed by atoms with E-state index in [2.05, 4.69) is 15.1 Å². The van der Waals surface area contributed by atoms with E-state index in [1.807, 2.05) is 28.8 Å². The third kappa shape index (κ3) is 4.45. The summed E-state index contributed by atoms with van der Waals surface area (Å²) in [5.74, 6) is 0.671. The lowest BCUT2D eigenvalue weighted by Crippen LogP contribution is -2.42. The van der Waals surface area contributed by atoms with Crippen LogP contribution in [0.3, 0.4) is 0 Å². The van der Waals surface area contributed by atoms with E-state index < -0.39 is 22.3 Å². The number of nitrogens with two attached hydrogens (primary N) is 1. The highest BCUT2D eigenvalue weighted by Crippen LogP contribution is 2.34. The van der Waals surface area contributed by atoms with Crippen LogP contribution < -0.4 is 26.6 Å². The number of nitrogen functional groups attached to an aromatic ring is 1. The molecule has 2 N–H and O–H groups in total. The van der Waals surface area contributed by atoms with Crippen molar-refractivity contribution in [1.82, 2.24) is 23.9 Å². The number of carbonyl (C=O) groups excluding carboxylic acids is 1. The molecule has 3 aromatic rings. The molecular weight excluding hydrogens is 470 g/mol. The molecule has 0 aliphatic carbocycles. The second-order valence-corrected chi connectivity index (χ2v) is 9.74. The zero-order chi connectivity index (χ0) is 25.3. The van der Waals surface area contributed by atoms with E-state index in [0.29, 0.717) is 16.9 Å². The predicted molar refractivity (Wildman–Crippen MR) is 135 cm³/mol. The number of ketones is 1. The number of benzene rings is 1. The number of Topliss-reactive ketones (excluding diaryl/α,β-unsaturated/α-hetero) is 1. The van der Waals surface area contributed by atoms with Crippen molar-refractivity contribution in [2.45, 2.75) is 36.6 Å². The fraction of sp³-hybridized carbons (Fsp3) is 0.435. The SMILES string of the molecule is COc1ccccc1-n1c(SC(C)C(=O)c2c(N)n(C)c(=O)n(C)c2=O)nnc1N1CCCCC1. The van der Waals surface area contributed by atoms with Crippen LogP contribution in [0.4, 0.5) is 11.8 Å². The summed E-state index contributed by atoms with van der Waals surface area (Å²) in [6, 6.07) is 7.54. The third-order valence-corrected chi connectivity index (χ3v) is 7.23. The second kappa shape index (κ2) is 9.98. The van der Waals surface area contributed by atoms with Gasteiger partial charge >= 0.3 is 5.69 Å². The van der Waals surface area contributed by atoms with Gasteiger partial charge in [0.15, 0.2) is 10.9 Å². The van der Waals surface area contributed by atoms with Gasteiger partial charge in [0.1, 0.15) is 17.1 Å². The summed E-state index contributed by atoms with van der Waals surface area (Å²) >= 11 is 1.17. The topological polar surface area (TPSA) is 130 Å². The maximum absolute atomic E-state index is 13.4. The molecular formula is C23H29N7O4S. The van der Waals surface area contributed by atoms with Gasteiger partial charge in [-0.2, -0.15) is 0 Å². The lowest BCUT2D eigenvalue weighted by molar-refractivity contribution is 0.0992. The molecule has 35 heavy (non-hydrogen) atoms. The molecule has 1 unspecified atom stereocenters. The molecule has 0 saturated carbocycles. The van der Waals surface area contributed by atoms with Crippen LogP contribution >= 0.6 is 11.8 Å². The lowest BCUT2D eigenvalue weighted by Gasteiger charge is -2.28. The molecule has 0 spiro atoms. The van der Waals surface area contributed by atoms with E-state index in [9.17, 15) is 14.4 Å². The summed E-state index contributed by atoms with van der Waals surface area (Å²) in [7, 11) is 4.34. The van der Waals surface area contributed by atoms with Crippen molar-refractivity contribution < 1.29 is 9.53 Å². The number of hydrogen-bond acceptors (Lipinski definition) is 9. The van der Waals surface area contributed by atoms with Crippen molar-refractivity contribution in [3.8, 4) is 11.4 Å². The maximum Gasteiger partial charge on any atom is 0.332 e. The van der Waals surface area contributed by atoms with E-state index >= 15 is 0 Å². The molecule has 2 aromatic heterocycles. The number of rotatable bonds is 7. The molecule has 1 aromatic carbocycles. The normalized spacial score (nSPS) is 14.7. The molecule has 4 rings (SSSR count). The average Bonchev–Trinajstić information content (AvgIpc) is 3.29. The fourth-order valence-corrected chi connectivity index (χ4v) is 5.08. The molecule has 0 radical (unpaired) electrons. The van der Waals surface area contributed by atoms with Gasteiger partial charge in [-0.05, 0) is 38.3 Å². The zero-order valence-electron chi connectivity index (χ0n) is 20.2. The van der Waals surface area contributed by atoms with Crippen molar-refractivity contribution in [2.24, 2.45) is 14.1 Å². The van der Waals surface area contributed by atoms with Gasteiger partial charge in [0.2, 0.25) is 5.95 Å². The summed E-state index contributed by atoms with van der Waals surface area (Å²) in [5, 5.41) is 8.63. The highest BCUT2D eigenvalue weighted by Gasteiger charge is 2.29. The van der Waals surface area contributed by atoms with Crippen LogP contribution in [0.25, 0.3) is 5.69 Å². The highest BCUT2D eigenvalue weighted by atomic mass is 32.2. The number of piperidine rings is 1. The first-order valence-electron chi connectivity index (χ1n) is 11.4. The summed E-state index contributed by atoms with van der Waals surface area (Å²) in [6.07, 6.45) is 3.29. The number of aromatic nitrogens is 5. The van der Waals surface area contributed by atoms with Crippen molar-refractivity contribution in [1.29, 1.82) is 0 Å². The Bertz CT molecular complexity index is 1370. The molecule has 0 bridgehead atoms. The first-order valence-corrected chi connectivity index (χ1v) is 12.2. The third-order valence-electron chi connectivity index (χ3n) is 6.19. The highest BCUT2D eigenvalue weighted by molar-refractivity contribution is 8.00. The first-order chi connectivity index (χ1) is 16.8. The van der Waals surface area contributed by atoms with Crippen LogP contribution in [-0.4, -0.2) is 55.1 Å². The Morgan fingerprint density at radius 3 is 2.46 bits per heavy atom. The number of anilines is 2. The molecule has 1 aliphatic rings. The van der Waals surface area contributed by atoms with Gasteiger partial charge in [-0.15, -0.1) is 10.2 Å². The van der Waals surface area contributed by atoms with Crippen LogP contribution in [0.15, 0.2) is 39.0 Å². The number of para-hydroxylation sites is 2. The molecule has 186 valence electrons. The Morgan fingerprint density at radius 2 is 1.77 bits per heavy atom. The van der Waals surface area contributed by atoms with Gasteiger partial charge in [0.05, 0.1) is 18.0 Å². The summed E-state index contributed by atoms with van der Waals surface area (Å²) in [5.41, 5.74) is 5.23. The minimum Gasteiger partial charge on any atom is -0.495 e. The van der Waals surface area contributed by atoms with Crippen LogP contribution in [0.5, 0.6) is 5.75 Å². The summed E-state index contributed by atoms with van der Waals surface area (Å²) < 4.78 is 9.46. The van der Waals surface area contributed by atoms with Crippen molar-refractivity contribution in [3.05, 3.63) is 50.7 Å². The van der Waals surface area contributed by atoms with Crippen LogP contribution in [0.2, 0.25) is 0 Å². The minimum atomic E-state index is -0.727. The first kappa shape index (κ1) is 24.6. The fourth-order valence-electron chi connectivity index (χ4n) is 4.17. The summed E-state index contributed by atoms with van der Waals surface area (Å²) in [6.45, 7) is 3.40. The minimum absolute atomic E-state index is 0.157. The van der Waals surface area contributed by atoms with Crippen LogP contribution in [0.1, 0.15) is 36.5 Å².